The highest BCUT2D eigenvalue weighted by Crippen LogP contribution is 2.22. The van der Waals surface area contributed by atoms with Gasteiger partial charge < -0.3 is 20.3 Å². The molecular weight excluding hydrogens is 354 g/mol. The first-order valence-corrected chi connectivity index (χ1v) is 9.37. The van der Waals surface area contributed by atoms with E-state index < -0.39 is 0 Å². The fraction of sp³-hybridized carbons (Fsp3) is 0.286. The van der Waals surface area contributed by atoms with Gasteiger partial charge in [0.2, 0.25) is 0 Å². The molecule has 3 heterocycles. The quantitative estimate of drug-likeness (QED) is 0.724. The number of hydrogen-bond acceptors (Lipinski definition) is 5. The van der Waals surface area contributed by atoms with Crippen LogP contribution in [0.5, 0.6) is 0 Å². The van der Waals surface area contributed by atoms with E-state index in [1.54, 1.807) is 12.4 Å². The van der Waals surface area contributed by atoms with Crippen LogP contribution < -0.4 is 15.5 Å². The Morgan fingerprint density at radius 3 is 2.57 bits per heavy atom. The monoisotopic (exact) mass is 377 g/mol. The molecule has 2 atom stereocenters. The minimum atomic E-state index is -0.332. The third-order valence-corrected chi connectivity index (χ3v) is 4.63. The molecule has 1 aliphatic heterocycles. The van der Waals surface area contributed by atoms with Crippen molar-refractivity contribution in [2.24, 2.45) is 0 Å². The lowest BCUT2D eigenvalue weighted by Crippen LogP contribution is -2.45. The average molecular weight is 377 g/mol. The van der Waals surface area contributed by atoms with E-state index in [9.17, 15) is 4.79 Å². The van der Waals surface area contributed by atoms with Gasteiger partial charge in [0, 0.05) is 24.7 Å². The molecule has 0 radical (unpaired) electrons. The van der Waals surface area contributed by atoms with Crippen LogP contribution in [0.3, 0.4) is 0 Å². The number of nitrogens with zero attached hydrogens (tertiary/aromatic N) is 3. The molecule has 7 nitrogen and oxygen atoms in total. The number of anilines is 3. The van der Waals surface area contributed by atoms with Crippen molar-refractivity contribution < 1.29 is 9.53 Å². The first-order chi connectivity index (χ1) is 13.6. The zero-order chi connectivity index (χ0) is 19.5. The summed E-state index contributed by atoms with van der Waals surface area (Å²) in [5, 5.41) is 6.65. The highest BCUT2D eigenvalue weighted by atomic mass is 16.5. The molecule has 0 unspecified atom stereocenters. The number of hydrogen-bond donors (Lipinski definition) is 2. The molecule has 1 saturated heterocycles. The maximum atomic E-state index is 12.4. The van der Waals surface area contributed by atoms with Crippen molar-refractivity contribution in [3.05, 3.63) is 54.9 Å². The van der Waals surface area contributed by atoms with E-state index in [0.29, 0.717) is 11.4 Å². The largest absolute Gasteiger partial charge is 0.372 e. The predicted molar refractivity (Wildman–Crippen MR) is 111 cm³/mol. The van der Waals surface area contributed by atoms with Gasteiger partial charge in [0.25, 0.3) is 0 Å². The van der Waals surface area contributed by atoms with Crippen LogP contribution in [0.4, 0.5) is 22.0 Å². The summed E-state index contributed by atoms with van der Waals surface area (Å²) >= 11 is 0. The molecule has 2 amide bonds. The van der Waals surface area contributed by atoms with Crippen molar-refractivity contribution in [2.75, 3.05) is 28.6 Å². The SMILES string of the molecule is C[C@H]1CN(c2ccc(NC(=O)Nc3cccc4cccnc34)cn2)C[C@H](C)O1. The van der Waals surface area contributed by atoms with E-state index >= 15 is 0 Å². The summed E-state index contributed by atoms with van der Waals surface area (Å²) in [4.78, 5) is 23.4. The molecule has 3 aromatic rings. The van der Waals surface area contributed by atoms with Crippen molar-refractivity contribution >= 4 is 34.1 Å². The van der Waals surface area contributed by atoms with Gasteiger partial charge in [-0.25, -0.2) is 9.78 Å². The van der Waals surface area contributed by atoms with E-state index in [2.05, 4.69) is 39.3 Å². The fourth-order valence-electron chi connectivity index (χ4n) is 3.50. The first kappa shape index (κ1) is 18.2. The highest BCUT2D eigenvalue weighted by Gasteiger charge is 2.23. The van der Waals surface area contributed by atoms with E-state index in [0.717, 1.165) is 29.8 Å². The molecule has 0 saturated carbocycles. The molecule has 1 aromatic carbocycles. The second kappa shape index (κ2) is 7.82. The number of carbonyl (C=O) groups is 1. The molecule has 0 spiro atoms. The normalized spacial score (nSPS) is 19.4. The molecule has 2 aromatic heterocycles. The number of morpholine rings is 1. The lowest BCUT2D eigenvalue weighted by molar-refractivity contribution is -0.00545. The van der Waals surface area contributed by atoms with Gasteiger partial charge in [-0.2, -0.15) is 0 Å². The minimum Gasteiger partial charge on any atom is -0.372 e. The van der Waals surface area contributed by atoms with Crippen molar-refractivity contribution in [2.45, 2.75) is 26.1 Å². The predicted octanol–water partition coefficient (Wildman–Crippen LogP) is 3.89. The van der Waals surface area contributed by atoms with Crippen molar-refractivity contribution in [1.29, 1.82) is 0 Å². The third kappa shape index (κ3) is 4.04. The smallest absolute Gasteiger partial charge is 0.323 e. The molecule has 7 heteroatoms. The first-order valence-electron chi connectivity index (χ1n) is 9.37. The summed E-state index contributed by atoms with van der Waals surface area (Å²) in [5.41, 5.74) is 2.05. The molecule has 1 fully saturated rings. The van der Waals surface area contributed by atoms with E-state index in [1.807, 2.05) is 42.5 Å². The third-order valence-electron chi connectivity index (χ3n) is 4.63. The van der Waals surface area contributed by atoms with Crippen LogP contribution >= 0.6 is 0 Å². The number of fused-ring (bicyclic) bond motifs is 1. The Morgan fingerprint density at radius 2 is 1.82 bits per heavy atom. The maximum absolute atomic E-state index is 12.4. The lowest BCUT2D eigenvalue weighted by atomic mass is 10.2. The number of nitrogens with one attached hydrogen (secondary N) is 2. The number of pyridine rings is 2. The van der Waals surface area contributed by atoms with Gasteiger partial charge in [0.15, 0.2) is 0 Å². The fourth-order valence-corrected chi connectivity index (χ4v) is 3.50. The standard InChI is InChI=1S/C21H23N5O2/c1-14-12-26(13-15(2)28-14)19-9-8-17(11-23-19)24-21(27)25-18-7-3-5-16-6-4-10-22-20(16)18/h3-11,14-15H,12-13H2,1-2H3,(H2,24,25,27)/t14-,15-/m0/s1. The minimum absolute atomic E-state index is 0.170. The van der Waals surface area contributed by atoms with Crippen LogP contribution in [0.25, 0.3) is 10.9 Å². The van der Waals surface area contributed by atoms with Crippen LogP contribution in [0.2, 0.25) is 0 Å². The number of amides is 2. The van der Waals surface area contributed by atoms with Crippen molar-refractivity contribution in [1.82, 2.24) is 9.97 Å². The number of aromatic nitrogens is 2. The number of urea groups is 1. The number of rotatable bonds is 3. The second-order valence-electron chi connectivity index (χ2n) is 7.03. The molecular formula is C21H23N5O2. The Kier molecular flexibility index (Phi) is 5.08. The van der Waals surface area contributed by atoms with Crippen molar-refractivity contribution in [3.8, 4) is 0 Å². The summed E-state index contributed by atoms with van der Waals surface area (Å²) in [6, 6.07) is 12.9. The van der Waals surface area contributed by atoms with E-state index in [1.165, 1.54) is 0 Å². The molecule has 28 heavy (non-hydrogen) atoms. The Hall–Kier alpha value is -3.19. The lowest BCUT2D eigenvalue weighted by Gasteiger charge is -2.36. The summed E-state index contributed by atoms with van der Waals surface area (Å²) in [5.74, 6) is 0.881. The van der Waals surface area contributed by atoms with Crippen molar-refractivity contribution in [3.63, 3.8) is 0 Å². The Bertz CT molecular complexity index is 961. The molecule has 144 valence electrons. The van der Waals surface area contributed by atoms with Gasteiger partial charge in [-0.15, -0.1) is 0 Å². The number of carbonyl (C=O) groups excluding carboxylic acids is 1. The van der Waals surface area contributed by atoms with Gasteiger partial charge in [-0.05, 0) is 38.1 Å². The number of benzene rings is 1. The number of ether oxygens (including phenoxy) is 1. The molecule has 2 N–H and O–H groups in total. The summed E-state index contributed by atoms with van der Waals surface area (Å²) in [6.45, 7) is 5.73. The summed E-state index contributed by atoms with van der Waals surface area (Å²) < 4.78 is 5.76. The highest BCUT2D eigenvalue weighted by molar-refractivity contribution is 6.04. The molecule has 0 aliphatic carbocycles. The average Bonchev–Trinajstić information content (AvgIpc) is 2.68. The maximum Gasteiger partial charge on any atom is 0.323 e. The number of para-hydroxylation sites is 1. The second-order valence-corrected chi connectivity index (χ2v) is 7.03. The Balaban J connectivity index is 1.42. The molecule has 1 aliphatic rings. The van der Waals surface area contributed by atoms with E-state index in [4.69, 9.17) is 4.74 Å². The van der Waals surface area contributed by atoms with Gasteiger partial charge in [0.05, 0.1) is 35.3 Å². The van der Waals surface area contributed by atoms with Gasteiger partial charge in [-0.3, -0.25) is 4.98 Å². The van der Waals surface area contributed by atoms with E-state index in [-0.39, 0.29) is 18.2 Å². The zero-order valence-electron chi connectivity index (χ0n) is 15.9. The summed E-state index contributed by atoms with van der Waals surface area (Å²) in [7, 11) is 0. The van der Waals surface area contributed by atoms with Crippen LogP contribution in [-0.4, -0.2) is 41.3 Å². The van der Waals surface area contributed by atoms with Crippen LogP contribution in [0, 0.1) is 0 Å². The van der Waals surface area contributed by atoms with Gasteiger partial charge in [-0.1, -0.05) is 18.2 Å². The van der Waals surface area contributed by atoms with Gasteiger partial charge >= 0.3 is 6.03 Å². The van der Waals surface area contributed by atoms with Crippen LogP contribution in [0.1, 0.15) is 13.8 Å². The van der Waals surface area contributed by atoms with Gasteiger partial charge in [0.1, 0.15) is 5.82 Å². The zero-order valence-corrected chi connectivity index (χ0v) is 15.9. The molecule has 4 rings (SSSR count). The van der Waals surface area contributed by atoms with Crippen LogP contribution in [-0.2, 0) is 4.74 Å². The summed E-state index contributed by atoms with van der Waals surface area (Å²) in [6.07, 6.45) is 3.72. The van der Waals surface area contributed by atoms with Crippen LogP contribution in [0.15, 0.2) is 54.9 Å². The molecule has 0 bridgehead atoms. The topological polar surface area (TPSA) is 79.4 Å². The Labute approximate surface area is 163 Å². The Morgan fingerprint density at radius 1 is 1.04 bits per heavy atom.